The van der Waals surface area contributed by atoms with Crippen LogP contribution in [0.2, 0.25) is 0 Å². The van der Waals surface area contributed by atoms with Crippen LogP contribution in [0.3, 0.4) is 0 Å². The molecule has 7 nitrogen and oxygen atoms in total. The van der Waals surface area contributed by atoms with Crippen LogP contribution in [0.5, 0.6) is 5.75 Å². The number of rotatable bonds is 9. The molecule has 1 saturated carbocycles. The van der Waals surface area contributed by atoms with Crippen molar-refractivity contribution in [2.45, 2.75) is 78.0 Å². The van der Waals surface area contributed by atoms with Crippen molar-refractivity contribution in [2.75, 3.05) is 6.54 Å². The average molecular weight is 459 g/mol. The number of hydrogen-bond donors (Lipinski definition) is 3. The van der Waals surface area contributed by atoms with Crippen molar-refractivity contribution >= 4 is 23.3 Å². The van der Waals surface area contributed by atoms with Gasteiger partial charge in [0.2, 0.25) is 0 Å². The Balaban J connectivity index is 1.40. The minimum absolute atomic E-state index is 0.0935. The van der Waals surface area contributed by atoms with Gasteiger partial charge in [-0.15, -0.1) is 11.3 Å². The number of aromatic nitrogens is 1. The number of carbonyl (C=O) groups is 2. The van der Waals surface area contributed by atoms with Crippen molar-refractivity contribution in [3.05, 3.63) is 45.4 Å². The van der Waals surface area contributed by atoms with Crippen molar-refractivity contribution in [3.8, 4) is 5.75 Å². The van der Waals surface area contributed by atoms with Gasteiger partial charge in [0.1, 0.15) is 23.1 Å². The molecule has 0 bridgehead atoms. The van der Waals surface area contributed by atoms with E-state index in [0.717, 1.165) is 60.4 Å². The minimum Gasteiger partial charge on any atom is -0.486 e. The summed E-state index contributed by atoms with van der Waals surface area (Å²) in [6.07, 6.45) is 5.46. The summed E-state index contributed by atoms with van der Waals surface area (Å²) < 4.78 is 5.85. The highest BCUT2D eigenvalue weighted by Crippen LogP contribution is 2.21. The Morgan fingerprint density at radius 3 is 2.38 bits per heavy atom. The highest BCUT2D eigenvalue weighted by atomic mass is 32.1. The number of carbonyl (C=O) groups excluding carboxylic acids is 2. The van der Waals surface area contributed by atoms with E-state index in [1.165, 1.54) is 11.3 Å². The maximum Gasteiger partial charge on any atom is 0.315 e. The van der Waals surface area contributed by atoms with Crippen LogP contribution in [0.4, 0.5) is 4.79 Å². The fraction of sp³-hybridized carbons (Fsp3) is 0.542. The van der Waals surface area contributed by atoms with E-state index in [4.69, 9.17) is 4.74 Å². The molecule has 1 aromatic carbocycles. The number of hydrogen-bond acceptors (Lipinski definition) is 5. The van der Waals surface area contributed by atoms with E-state index >= 15 is 0 Å². The lowest BCUT2D eigenvalue weighted by Gasteiger charge is -2.29. The van der Waals surface area contributed by atoms with Gasteiger partial charge >= 0.3 is 6.03 Å². The smallest absolute Gasteiger partial charge is 0.315 e. The van der Waals surface area contributed by atoms with Gasteiger partial charge in [-0.3, -0.25) is 4.79 Å². The average Bonchev–Trinajstić information content (AvgIpc) is 3.22. The van der Waals surface area contributed by atoms with Gasteiger partial charge in [0.25, 0.3) is 5.91 Å². The number of amides is 3. The molecule has 1 aliphatic rings. The van der Waals surface area contributed by atoms with E-state index in [1.807, 2.05) is 26.0 Å². The van der Waals surface area contributed by atoms with Gasteiger partial charge in [-0.25, -0.2) is 9.78 Å². The molecule has 0 radical (unpaired) electrons. The topological polar surface area (TPSA) is 92.4 Å². The van der Waals surface area contributed by atoms with Crippen LogP contribution in [0, 0.1) is 13.8 Å². The molecule has 1 fully saturated rings. The van der Waals surface area contributed by atoms with Crippen LogP contribution in [0.25, 0.3) is 0 Å². The summed E-state index contributed by atoms with van der Waals surface area (Å²) >= 11 is 1.43. The zero-order valence-electron chi connectivity index (χ0n) is 19.2. The first-order chi connectivity index (χ1) is 15.4. The van der Waals surface area contributed by atoms with Gasteiger partial charge in [-0.1, -0.05) is 19.4 Å². The second kappa shape index (κ2) is 11.9. The molecule has 0 aliphatic heterocycles. The largest absolute Gasteiger partial charge is 0.486 e. The number of urea groups is 1. The summed E-state index contributed by atoms with van der Waals surface area (Å²) in [4.78, 5) is 29.0. The second-order valence-corrected chi connectivity index (χ2v) is 9.46. The SMILES string of the molecule is CCCCNC(=O)NC1CCC(NC(=O)c2csc(COc3cc(C)cc(C)c3)n2)CC1. The Hall–Kier alpha value is -2.61. The van der Waals surface area contributed by atoms with E-state index in [9.17, 15) is 9.59 Å². The molecule has 1 aliphatic carbocycles. The molecule has 8 heteroatoms. The van der Waals surface area contributed by atoms with E-state index in [-0.39, 0.29) is 24.0 Å². The molecule has 174 valence electrons. The summed E-state index contributed by atoms with van der Waals surface area (Å²) in [6.45, 7) is 7.23. The number of nitrogens with zero attached hydrogens (tertiary/aromatic N) is 1. The fourth-order valence-corrected chi connectivity index (χ4v) is 4.58. The molecule has 1 aromatic heterocycles. The Labute approximate surface area is 194 Å². The third-order valence-electron chi connectivity index (χ3n) is 5.56. The summed E-state index contributed by atoms with van der Waals surface area (Å²) in [7, 11) is 0. The Bertz CT molecular complexity index is 886. The molecule has 1 heterocycles. The predicted molar refractivity (Wildman–Crippen MR) is 127 cm³/mol. The lowest BCUT2D eigenvalue weighted by atomic mass is 9.91. The fourth-order valence-electron chi connectivity index (χ4n) is 3.90. The molecular weight excluding hydrogens is 424 g/mol. The monoisotopic (exact) mass is 458 g/mol. The number of aryl methyl sites for hydroxylation is 2. The second-order valence-electron chi connectivity index (χ2n) is 8.51. The van der Waals surface area contributed by atoms with Crippen molar-refractivity contribution in [2.24, 2.45) is 0 Å². The highest BCUT2D eigenvalue weighted by molar-refractivity contribution is 7.09. The zero-order valence-corrected chi connectivity index (χ0v) is 20.0. The maximum absolute atomic E-state index is 12.6. The summed E-state index contributed by atoms with van der Waals surface area (Å²) in [6, 6.07) is 6.27. The van der Waals surface area contributed by atoms with Gasteiger partial charge in [0, 0.05) is 24.0 Å². The van der Waals surface area contributed by atoms with Crippen molar-refractivity contribution in [3.63, 3.8) is 0 Å². The lowest BCUT2D eigenvalue weighted by molar-refractivity contribution is 0.0919. The normalized spacial score (nSPS) is 18.1. The third-order valence-corrected chi connectivity index (χ3v) is 6.38. The van der Waals surface area contributed by atoms with E-state index in [0.29, 0.717) is 18.8 Å². The van der Waals surface area contributed by atoms with Crippen LogP contribution >= 0.6 is 11.3 Å². The molecule has 0 unspecified atom stereocenters. The summed E-state index contributed by atoms with van der Waals surface area (Å²) in [5.74, 6) is 0.667. The molecule has 0 spiro atoms. The van der Waals surface area contributed by atoms with E-state index in [1.54, 1.807) is 5.38 Å². The van der Waals surface area contributed by atoms with Gasteiger partial charge in [0.15, 0.2) is 0 Å². The van der Waals surface area contributed by atoms with Gasteiger partial charge in [-0.2, -0.15) is 0 Å². The Kier molecular flexibility index (Phi) is 8.90. The summed E-state index contributed by atoms with van der Waals surface area (Å²) in [5, 5.41) is 11.6. The Morgan fingerprint density at radius 1 is 1.06 bits per heavy atom. The standard InChI is InChI=1S/C24H34N4O3S/c1-4-5-10-25-24(30)27-19-8-6-18(7-9-19)26-23(29)21-15-32-22(28-21)14-31-20-12-16(2)11-17(3)13-20/h11-13,15,18-19H,4-10,14H2,1-3H3,(H,26,29)(H2,25,27,30). The highest BCUT2D eigenvalue weighted by Gasteiger charge is 2.24. The first kappa shape index (κ1) is 24.0. The maximum atomic E-state index is 12.6. The van der Waals surface area contributed by atoms with Gasteiger partial charge in [-0.05, 0) is 69.2 Å². The van der Waals surface area contributed by atoms with Crippen LogP contribution in [-0.2, 0) is 6.61 Å². The first-order valence-electron chi connectivity index (χ1n) is 11.4. The molecule has 3 N–H and O–H groups in total. The summed E-state index contributed by atoms with van der Waals surface area (Å²) in [5.41, 5.74) is 2.74. The molecule has 0 atom stereocenters. The zero-order chi connectivity index (χ0) is 22.9. The van der Waals surface area contributed by atoms with Crippen molar-refractivity contribution < 1.29 is 14.3 Å². The minimum atomic E-state index is -0.146. The molecule has 3 rings (SSSR count). The van der Waals surface area contributed by atoms with Gasteiger partial charge in [0.05, 0.1) is 0 Å². The Morgan fingerprint density at radius 2 is 1.72 bits per heavy atom. The molecule has 2 aromatic rings. The molecule has 3 amide bonds. The van der Waals surface area contributed by atoms with Crippen LogP contribution < -0.4 is 20.7 Å². The van der Waals surface area contributed by atoms with Gasteiger partial charge < -0.3 is 20.7 Å². The number of benzene rings is 1. The number of unbranched alkanes of at least 4 members (excludes halogenated alkanes) is 1. The van der Waals surface area contributed by atoms with Crippen LogP contribution in [-0.4, -0.2) is 35.6 Å². The number of thiazole rings is 1. The quantitative estimate of drug-likeness (QED) is 0.483. The number of nitrogens with one attached hydrogen (secondary N) is 3. The van der Waals surface area contributed by atoms with Crippen LogP contribution in [0.1, 0.15) is 72.1 Å². The first-order valence-corrected chi connectivity index (χ1v) is 12.3. The predicted octanol–water partition coefficient (Wildman–Crippen LogP) is 4.48. The molecule has 32 heavy (non-hydrogen) atoms. The molecular formula is C24H34N4O3S. The van der Waals surface area contributed by atoms with Crippen LogP contribution in [0.15, 0.2) is 23.6 Å². The van der Waals surface area contributed by atoms with Crippen molar-refractivity contribution in [1.29, 1.82) is 0 Å². The van der Waals surface area contributed by atoms with Crippen molar-refractivity contribution in [1.82, 2.24) is 20.9 Å². The third kappa shape index (κ3) is 7.51. The number of ether oxygens (including phenoxy) is 1. The molecule has 0 saturated heterocycles. The van der Waals surface area contributed by atoms with E-state index < -0.39 is 0 Å². The lowest BCUT2D eigenvalue weighted by Crippen LogP contribution is -2.47. The van der Waals surface area contributed by atoms with E-state index in [2.05, 4.69) is 33.9 Å².